The summed E-state index contributed by atoms with van der Waals surface area (Å²) in [6.07, 6.45) is 3.37. The Morgan fingerprint density at radius 1 is 1.17 bits per heavy atom. The molecule has 1 aromatic heterocycles. The summed E-state index contributed by atoms with van der Waals surface area (Å²) in [5, 5.41) is 6.05. The lowest BCUT2D eigenvalue weighted by Crippen LogP contribution is -2.22. The Morgan fingerprint density at radius 3 is 2.83 bits per heavy atom. The van der Waals surface area contributed by atoms with Gasteiger partial charge in [-0.05, 0) is 29.7 Å². The highest BCUT2D eigenvalue weighted by Gasteiger charge is 2.05. The Labute approximate surface area is 143 Å². The number of rotatable bonds is 4. The Morgan fingerprint density at radius 2 is 2.00 bits per heavy atom. The molecule has 0 atom stereocenters. The van der Waals surface area contributed by atoms with E-state index in [2.05, 4.69) is 10.5 Å². The highest BCUT2D eigenvalue weighted by molar-refractivity contribution is 6.36. The van der Waals surface area contributed by atoms with Gasteiger partial charge < -0.3 is 4.57 Å². The molecule has 116 valence electrons. The number of benzene rings is 2. The van der Waals surface area contributed by atoms with E-state index < -0.39 is 0 Å². The molecule has 0 aliphatic carbocycles. The predicted octanol–water partition coefficient (Wildman–Crippen LogP) is 4.10. The molecule has 0 spiro atoms. The number of halogens is 2. The quantitative estimate of drug-likeness (QED) is 0.561. The van der Waals surface area contributed by atoms with Gasteiger partial charge in [0.05, 0.1) is 11.2 Å². The van der Waals surface area contributed by atoms with Gasteiger partial charge >= 0.3 is 0 Å². The van der Waals surface area contributed by atoms with E-state index in [0.717, 1.165) is 10.9 Å². The fourth-order valence-corrected chi connectivity index (χ4v) is 2.71. The molecule has 0 aliphatic rings. The second-order valence-electron chi connectivity index (χ2n) is 4.96. The first-order chi connectivity index (χ1) is 11.1. The molecule has 3 rings (SSSR count). The lowest BCUT2D eigenvalue weighted by molar-refractivity contribution is -0.121. The third-order valence-corrected chi connectivity index (χ3v) is 3.91. The zero-order valence-electron chi connectivity index (χ0n) is 12.0. The number of carbonyl (C=O) groups excluding carboxylic acids is 1. The molecule has 0 radical (unpaired) electrons. The van der Waals surface area contributed by atoms with Crippen LogP contribution >= 0.6 is 23.2 Å². The van der Waals surface area contributed by atoms with Crippen molar-refractivity contribution in [2.45, 2.75) is 6.54 Å². The van der Waals surface area contributed by atoms with Crippen molar-refractivity contribution >= 4 is 46.2 Å². The summed E-state index contributed by atoms with van der Waals surface area (Å²) in [5.41, 5.74) is 4.18. The average Bonchev–Trinajstić information content (AvgIpc) is 2.93. The molecule has 23 heavy (non-hydrogen) atoms. The van der Waals surface area contributed by atoms with Crippen molar-refractivity contribution in [1.29, 1.82) is 0 Å². The molecule has 0 unspecified atom stereocenters. The number of carbonyl (C=O) groups is 1. The number of hydrogen-bond acceptors (Lipinski definition) is 2. The molecule has 0 bridgehead atoms. The minimum absolute atomic E-state index is 0.194. The fourth-order valence-electron chi connectivity index (χ4n) is 2.25. The monoisotopic (exact) mass is 345 g/mol. The van der Waals surface area contributed by atoms with E-state index in [1.165, 1.54) is 6.21 Å². The molecular weight excluding hydrogens is 333 g/mol. The minimum atomic E-state index is -0.215. The van der Waals surface area contributed by atoms with E-state index in [1.807, 2.05) is 41.1 Å². The third kappa shape index (κ3) is 3.73. The van der Waals surface area contributed by atoms with E-state index >= 15 is 0 Å². The van der Waals surface area contributed by atoms with Crippen LogP contribution in [0.5, 0.6) is 0 Å². The molecule has 0 saturated carbocycles. The number of nitrogens with one attached hydrogen (secondary N) is 1. The maximum absolute atomic E-state index is 12.0. The maximum atomic E-state index is 12.0. The van der Waals surface area contributed by atoms with Gasteiger partial charge in [-0.25, -0.2) is 5.43 Å². The molecule has 0 fully saturated rings. The summed E-state index contributed by atoms with van der Waals surface area (Å²) in [4.78, 5) is 12.0. The van der Waals surface area contributed by atoms with Crippen LogP contribution in [0.4, 0.5) is 0 Å². The van der Waals surface area contributed by atoms with Gasteiger partial charge in [0.1, 0.15) is 6.54 Å². The van der Waals surface area contributed by atoms with Crippen molar-refractivity contribution in [3.8, 4) is 0 Å². The van der Waals surface area contributed by atoms with Crippen LogP contribution in [-0.2, 0) is 11.3 Å². The Kier molecular flexibility index (Phi) is 4.65. The van der Waals surface area contributed by atoms with Crippen molar-refractivity contribution in [3.05, 3.63) is 70.3 Å². The number of para-hydroxylation sites is 1. The summed E-state index contributed by atoms with van der Waals surface area (Å²) in [6.45, 7) is 0.194. The van der Waals surface area contributed by atoms with E-state index in [-0.39, 0.29) is 12.5 Å². The summed E-state index contributed by atoms with van der Waals surface area (Å²) in [6, 6.07) is 14.9. The molecule has 0 aliphatic heterocycles. The van der Waals surface area contributed by atoms with Crippen molar-refractivity contribution in [3.63, 3.8) is 0 Å². The number of fused-ring (bicyclic) bond motifs is 1. The van der Waals surface area contributed by atoms with Gasteiger partial charge in [0, 0.05) is 22.3 Å². The fraction of sp³-hybridized carbons (Fsp3) is 0.0588. The second kappa shape index (κ2) is 6.86. The van der Waals surface area contributed by atoms with Crippen LogP contribution in [0.3, 0.4) is 0 Å². The van der Waals surface area contributed by atoms with Crippen molar-refractivity contribution in [2.75, 3.05) is 0 Å². The molecular formula is C17H13Cl2N3O. The van der Waals surface area contributed by atoms with Crippen molar-refractivity contribution in [1.82, 2.24) is 9.99 Å². The number of nitrogens with zero attached hydrogens (tertiary/aromatic N) is 2. The van der Waals surface area contributed by atoms with Crippen LogP contribution in [0, 0.1) is 0 Å². The summed E-state index contributed by atoms with van der Waals surface area (Å²) < 4.78 is 1.87. The van der Waals surface area contributed by atoms with Gasteiger partial charge in [0.25, 0.3) is 5.91 Å². The van der Waals surface area contributed by atoms with Gasteiger partial charge in [0.15, 0.2) is 0 Å². The second-order valence-corrected chi connectivity index (χ2v) is 5.81. The number of amides is 1. The lowest BCUT2D eigenvalue weighted by atomic mass is 10.2. The Balaban J connectivity index is 1.64. The van der Waals surface area contributed by atoms with E-state index in [4.69, 9.17) is 23.2 Å². The van der Waals surface area contributed by atoms with E-state index in [0.29, 0.717) is 15.6 Å². The van der Waals surface area contributed by atoms with Crippen LogP contribution in [0.2, 0.25) is 10.0 Å². The smallest absolute Gasteiger partial charge is 0.259 e. The molecule has 0 saturated heterocycles. The molecule has 1 N–H and O–H groups in total. The largest absolute Gasteiger partial charge is 0.338 e. The summed E-state index contributed by atoms with van der Waals surface area (Å²) in [7, 11) is 0. The van der Waals surface area contributed by atoms with Crippen molar-refractivity contribution < 1.29 is 4.79 Å². The third-order valence-electron chi connectivity index (χ3n) is 3.35. The van der Waals surface area contributed by atoms with Crippen LogP contribution in [0.25, 0.3) is 10.9 Å². The molecule has 3 aromatic rings. The first kappa shape index (κ1) is 15.6. The average molecular weight is 346 g/mol. The van der Waals surface area contributed by atoms with Crippen LogP contribution in [-0.4, -0.2) is 16.7 Å². The van der Waals surface area contributed by atoms with E-state index in [9.17, 15) is 4.79 Å². The molecule has 1 amide bonds. The lowest BCUT2D eigenvalue weighted by Gasteiger charge is -2.04. The van der Waals surface area contributed by atoms with Gasteiger partial charge in [-0.1, -0.05) is 47.5 Å². The van der Waals surface area contributed by atoms with Crippen molar-refractivity contribution in [2.24, 2.45) is 5.10 Å². The zero-order chi connectivity index (χ0) is 16.2. The predicted molar refractivity (Wildman–Crippen MR) is 94.1 cm³/mol. The highest BCUT2D eigenvalue weighted by Crippen LogP contribution is 2.19. The molecule has 6 heteroatoms. The van der Waals surface area contributed by atoms with Crippen LogP contribution in [0.1, 0.15) is 5.56 Å². The first-order valence-corrected chi connectivity index (χ1v) is 7.70. The summed E-state index contributed by atoms with van der Waals surface area (Å²) >= 11 is 11.9. The summed E-state index contributed by atoms with van der Waals surface area (Å²) in [5.74, 6) is -0.215. The van der Waals surface area contributed by atoms with Gasteiger partial charge in [-0.2, -0.15) is 5.10 Å². The van der Waals surface area contributed by atoms with Crippen LogP contribution in [0.15, 0.2) is 59.8 Å². The molecule has 4 nitrogen and oxygen atoms in total. The molecule has 2 aromatic carbocycles. The van der Waals surface area contributed by atoms with Gasteiger partial charge in [-0.15, -0.1) is 0 Å². The molecule has 1 heterocycles. The standard InChI is InChI=1S/C17H13Cl2N3O/c18-14-6-5-13(15(19)9-14)10-20-21-17(23)11-22-8-7-12-3-1-2-4-16(12)22/h1-10H,11H2,(H,21,23)/b20-10+. The normalized spacial score (nSPS) is 11.2. The van der Waals surface area contributed by atoms with Gasteiger partial charge in [0.2, 0.25) is 0 Å². The number of hydrazone groups is 1. The number of aromatic nitrogens is 1. The topological polar surface area (TPSA) is 46.4 Å². The van der Waals surface area contributed by atoms with Crippen LogP contribution < -0.4 is 5.43 Å². The van der Waals surface area contributed by atoms with E-state index in [1.54, 1.807) is 18.2 Å². The Bertz CT molecular complexity index is 886. The highest BCUT2D eigenvalue weighted by atomic mass is 35.5. The number of hydrogen-bond donors (Lipinski definition) is 1. The maximum Gasteiger partial charge on any atom is 0.259 e. The SMILES string of the molecule is O=C(Cn1ccc2ccccc21)N/N=C/c1ccc(Cl)cc1Cl. The first-order valence-electron chi connectivity index (χ1n) is 6.94. The zero-order valence-corrected chi connectivity index (χ0v) is 13.6. The van der Waals surface area contributed by atoms with Gasteiger partial charge in [-0.3, -0.25) is 4.79 Å². The Hall–Kier alpha value is -2.30. The minimum Gasteiger partial charge on any atom is -0.338 e.